The Morgan fingerprint density at radius 2 is 2.00 bits per heavy atom. The van der Waals surface area contributed by atoms with E-state index in [4.69, 9.17) is 14.9 Å². The van der Waals surface area contributed by atoms with Crippen LogP contribution in [0, 0.1) is 5.41 Å². The highest BCUT2D eigenvalue weighted by atomic mass is 16.5. The summed E-state index contributed by atoms with van der Waals surface area (Å²) in [6.45, 7) is 3.18. The minimum Gasteiger partial charge on any atom is -0.459 e. The number of esters is 1. The number of carbonyl (C=O) groups is 1. The van der Waals surface area contributed by atoms with Crippen molar-refractivity contribution in [1.82, 2.24) is 15.0 Å². The third-order valence-corrected chi connectivity index (χ3v) is 4.15. The van der Waals surface area contributed by atoms with E-state index >= 15 is 0 Å². The highest BCUT2D eigenvalue weighted by molar-refractivity contribution is 5.95. The summed E-state index contributed by atoms with van der Waals surface area (Å²) in [6.07, 6.45) is 5.48. The van der Waals surface area contributed by atoms with Crippen molar-refractivity contribution in [3.8, 4) is 11.3 Å². The Balaban J connectivity index is 1.65. The minimum atomic E-state index is -0.422. The first-order chi connectivity index (χ1) is 12.6. The molecule has 1 aliphatic rings. The highest BCUT2D eigenvalue weighted by Crippen LogP contribution is 2.25. The van der Waals surface area contributed by atoms with Crippen LogP contribution in [-0.4, -0.2) is 39.8 Å². The fourth-order valence-electron chi connectivity index (χ4n) is 2.78. The molecule has 1 fully saturated rings. The molecule has 0 aliphatic carbocycles. The molecule has 26 heavy (non-hydrogen) atoms. The van der Waals surface area contributed by atoms with Crippen molar-refractivity contribution in [2.45, 2.75) is 38.7 Å². The van der Waals surface area contributed by atoms with Gasteiger partial charge in [-0.2, -0.15) is 0 Å². The average Bonchev–Trinajstić information content (AvgIpc) is 2.67. The predicted octanol–water partition coefficient (Wildman–Crippen LogP) is 2.91. The monoisotopic (exact) mass is 354 g/mol. The number of pyridine rings is 1. The maximum Gasteiger partial charge on any atom is 0.311 e. The van der Waals surface area contributed by atoms with Gasteiger partial charge in [0.2, 0.25) is 0 Å². The zero-order valence-corrected chi connectivity index (χ0v) is 14.8. The molecule has 0 radical (unpaired) electrons. The largest absolute Gasteiger partial charge is 0.459 e. The molecule has 3 rings (SSSR count). The molecular formula is C19H22N4O3. The van der Waals surface area contributed by atoms with Crippen LogP contribution in [0.2, 0.25) is 0 Å². The van der Waals surface area contributed by atoms with Gasteiger partial charge in [-0.1, -0.05) is 6.07 Å². The SMILES string of the molecule is CC(=N)CC(=O)OCc1cccc(-c2cnc(C3CCOCC3)nc2)n1. The fraction of sp³-hybridized carbons (Fsp3) is 0.421. The molecule has 0 saturated carbocycles. The normalized spacial score (nSPS) is 14.8. The second kappa shape index (κ2) is 8.62. The van der Waals surface area contributed by atoms with Crippen LogP contribution in [0.1, 0.15) is 43.6 Å². The number of aromatic nitrogens is 3. The van der Waals surface area contributed by atoms with E-state index in [-0.39, 0.29) is 18.7 Å². The standard InChI is InChI=1S/C19H22N4O3/c1-13(20)9-18(24)26-12-16-3-2-4-17(23-16)15-10-21-19(22-11-15)14-5-7-25-8-6-14/h2-4,10-11,14,20H,5-9,12H2,1H3. The molecule has 7 nitrogen and oxygen atoms in total. The fourth-order valence-corrected chi connectivity index (χ4v) is 2.78. The molecular weight excluding hydrogens is 332 g/mol. The summed E-state index contributed by atoms with van der Waals surface area (Å²) in [6, 6.07) is 5.53. The van der Waals surface area contributed by atoms with Gasteiger partial charge in [-0.15, -0.1) is 0 Å². The lowest BCUT2D eigenvalue weighted by Gasteiger charge is -2.20. The molecule has 0 spiro atoms. The third kappa shape index (κ3) is 4.92. The maximum absolute atomic E-state index is 11.5. The predicted molar refractivity (Wildman–Crippen MR) is 95.9 cm³/mol. The highest BCUT2D eigenvalue weighted by Gasteiger charge is 2.18. The lowest BCUT2D eigenvalue weighted by atomic mass is 9.99. The Bertz CT molecular complexity index is 771. The number of hydrogen-bond acceptors (Lipinski definition) is 7. The Hall–Kier alpha value is -2.67. The quantitative estimate of drug-likeness (QED) is 0.633. The van der Waals surface area contributed by atoms with Crippen molar-refractivity contribution < 1.29 is 14.3 Å². The molecule has 2 aromatic rings. The molecule has 3 heterocycles. The van der Waals surface area contributed by atoms with Crippen molar-refractivity contribution >= 4 is 11.7 Å². The van der Waals surface area contributed by atoms with Crippen molar-refractivity contribution in [1.29, 1.82) is 5.41 Å². The molecule has 0 aromatic carbocycles. The molecule has 2 aromatic heterocycles. The van der Waals surface area contributed by atoms with E-state index in [1.807, 2.05) is 12.1 Å². The van der Waals surface area contributed by atoms with Crippen molar-refractivity contribution in [2.24, 2.45) is 0 Å². The van der Waals surface area contributed by atoms with Crippen LogP contribution in [0.15, 0.2) is 30.6 Å². The number of hydrogen-bond donors (Lipinski definition) is 1. The zero-order chi connectivity index (χ0) is 18.4. The Morgan fingerprint density at radius 3 is 2.69 bits per heavy atom. The van der Waals surface area contributed by atoms with Crippen molar-refractivity contribution in [3.63, 3.8) is 0 Å². The number of nitrogens with zero attached hydrogens (tertiary/aromatic N) is 3. The van der Waals surface area contributed by atoms with Crippen LogP contribution in [0.5, 0.6) is 0 Å². The summed E-state index contributed by atoms with van der Waals surface area (Å²) < 4.78 is 10.5. The van der Waals surface area contributed by atoms with Gasteiger partial charge in [0, 0.05) is 42.8 Å². The van der Waals surface area contributed by atoms with Gasteiger partial charge in [-0.25, -0.2) is 15.0 Å². The maximum atomic E-state index is 11.5. The van der Waals surface area contributed by atoms with E-state index in [1.165, 1.54) is 0 Å². The van der Waals surface area contributed by atoms with Gasteiger partial charge in [0.05, 0.1) is 17.8 Å². The number of nitrogens with one attached hydrogen (secondary N) is 1. The second-order valence-electron chi connectivity index (χ2n) is 6.35. The van der Waals surface area contributed by atoms with Crippen LogP contribution >= 0.6 is 0 Å². The number of rotatable bonds is 6. The third-order valence-electron chi connectivity index (χ3n) is 4.15. The smallest absolute Gasteiger partial charge is 0.311 e. The van der Waals surface area contributed by atoms with Gasteiger partial charge in [0.1, 0.15) is 12.4 Å². The molecule has 1 saturated heterocycles. The second-order valence-corrected chi connectivity index (χ2v) is 6.35. The van der Waals surface area contributed by atoms with Crippen LogP contribution in [-0.2, 0) is 20.9 Å². The molecule has 1 aliphatic heterocycles. The number of ether oxygens (including phenoxy) is 2. The van der Waals surface area contributed by atoms with Gasteiger partial charge >= 0.3 is 5.97 Å². The molecule has 7 heteroatoms. The van der Waals surface area contributed by atoms with Crippen molar-refractivity contribution in [3.05, 3.63) is 42.1 Å². The van der Waals surface area contributed by atoms with E-state index < -0.39 is 5.97 Å². The van der Waals surface area contributed by atoms with E-state index in [0.29, 0.717) is 11.6 Å². The van der Waals surface area contributed by atoms with Crippen LogP contribution < -0.4 is 0 Å². The first kappa shape index (κ1) is 18.1. The van der Waals surface area contributed by atoms with Crippen LogP contribution in [0.4, 0.5) is 0 Å². The zero-order valence-electron chi connectivity index (χ0n) is 14.8. The summed E-state index contributed by atoms with van der Waals surface area (Å²) >= 11 is 0. The van der Waals surface area contributed by atoms with Gasteiger partial charge in [-0.05, 0) is 31.9 Å². The van der Waals surface area contributed by atoms with Crippen LogP contribution in [0.3, 0.4) is 0 Å². The van der Waals surface area contributed by atoms with Crippen LogP contribution in [0.25, 0.3) is 11.3 Å². The molecule has 1 N–H and O–H groups in total. The van der Waals surface area contributed by atoms with Gasteiger partial charge in [0.15, 0.2) is 0 Å². The summed E-state index contributed by atoms with van der Waals surface area (Å²) in [7, 11) is 0. The summed E-state index contributed by atoms with van der Waals surface area (Å²) in [5.41, 5.74) is 2.48. The molecule has 136 valence electrons. The number of carbonyl (C=O) groups excluding carboxylic acids is 1. The van der Waals surface area contributed by atoms with E-state index in [1.54, 1.807) is 25.4 Å². The lowest BCUT2D eigenvalue weighted by molar-refractivity contribution is -0.143. The van der Waals surface area contributed by atoms with E-state index in [0.717, 1.165) is 43.1 Å². The summed E-state index contributed by atoms with van der Waals surface area (Å²) in [5, 5.41) is 7.31. The average molecular weight is 354 g/mol. The van der Waals surface area contributed by atoms with Gasteiger partial charge in [-0.3, -0.25) is 4.79 Å². The van der Waals surface area contributed by atoms with Gasteiger partial charge < -0.3 is 14.9 Å². The van der Waals surface area contributed by atoms with E-state index in [2.05, 4.69) is 15.0 Å². The molecule has 0 unspecified atom stereocenters. The summed E-state index contributed by atoms with van der Waals surface area (Å²) in [4.78, 5) is 25.1. The first-order valence-electron chi connectivity index (χ1n) is 8.67. The van der Waals surface area contributed by atoms with Gasteiger partial charge in [0.25, 0.3) is 0 Å². The molecule has 0 amide bonds. The first-order valence-corrected chi connectivity index (χ1v) is 8.67. The molecule has 0 atom stereocenters. The lowest BCUT2D eigenvalue weighted by Crippen LogP contribution is -2.16. The van der Waals surface area contributed by atoms with E-state index in [9.17, 15) is 4.79 Å². The summed E-state index contributed by atoms with van der Waals surface area (Å²) in [5.74, 6) is 0.784. The topological polar surface area (TPSA) is 98.1 Å². The minimum absolute atomic E-state index is 0.00119. The Morgan fingerprint density at radius 1 is 1.27 bits per heavy atom. The Kier molecular flexibility index (Phi) is 6.01. The Labute approximate surface area is 152 Å². The van der Waals surface area contributed by atoms with Crippen molar-refractivity contribution in [2.75, 3.05) is 13.2 Å². The molecule has 0 bridgehead atoms.